The number of nitrogens with zero attached hydrogens (tertiary/aromatic N) is 1. The Bertz CT molecular complexity index is 601. The monoisotopic (exact) mass is 311 g/mol. The normalized spacial score (nSPS) is 19.5. The van der Waals surface area contributed by atoms with E-state index in [4.69, 9.17) is 18.9 Å². The Balaban J connectivity index is 2.72. The van der Waals surface area contributed by atoms with Gasteiger partial charge >= 0.3 is 11.9 Å². The van der Waals surface area contributed by atoms with Crippen LogP contribution in [0.4, 0.5) is 0 Å². The maximum atomic E-state index is 12.0. The van der Waals surface area contributed by atoms with Crippen molar-refractivity contribution in [3.63, 3.8) is 0 Å². The summed E-state index contributed by atoms with van der Waals surface area (Å²) in [5, 5.41) is 11.6. The second-order valence-corrected chi connectivity index (χ2v) is 4.34. The molecule has 1 aromatic carbocycles. The van der Waals surface area contributed by atoms with E-state index >= 15 is 0 Å². The minimum atomic E-state index is -2.40. The summed E-state index contributed by atoms with van der Waals surface area (Å²) in [6.45, 7) is 5.63. The molecular weight excluding hydrogens is 294 g/mol. The second kappa shape index (κ2) is 6.18. The number of rotatable bonds is 7. The first-order valence-electron chi connectivity index (χ1n) is 6.96. The number of carbonyl (C=O) groups is 1. The molecule has 0 bridgehead atoms. The molecule has 1 atom stereocenters. The number of nitro groups is 1. The number of hydrogen-bond donors (Lipinski definition) is 0. The zero-order valence-electron chi connectivity index (χ0n) is 12.6. The predicted molar refractivity (Wildman–Crippen MR) is 74.5 cm³/mol. The van der Waals surface area contributed by atoms with E-state index in [-0.39, 0.29) is 30.1 Å². The van der Waals surface area contributed by atoms with Gasteiger partial charge in [-0.3, -0.25) is 14.9 Å². The molecule has 8 nitrogen and oxygen atoms in total. The first-order valence-corrected chi connectivity index (χ1v) is 6.96. The maximum Gasteiger partial charge on any atom is 0.519 e. The number of carbonyl (C=O) groups excluding carboxylic acids is 1. The van der Waals surface area contributed by atoms with E-state index in [9.17, 15) is 14.9 Å². The standard InChI is InChI=1S/C14H17NO7/c1-4-19-10-8-7-9-11(12(10)20-5-2)14(15(17)18,21-6-3)22-13(9)16/h7-8H,4-6H2,1-3H3. The lowest BCUT2D eigenvalue weighted by Crippen LogP contribution is -2.39. The fourth-order valence-corrected chi connectivity index (χ4v) is 2.31. The lowest BCUT2D eigenvalue weighted by atomic mass is 10.0. The Labute approximate surface area is 127 Å². The van der Waals surface area contributed by atoms with Crippen LogP contribution in [0.5, 0.6) is 11.5 Å². The zero-order valence-corrected chi connectivity index (χ0v) is 12.6. The highest BCUT2D eigenvalue weighted by Gasteiger charge is 2.61. The van der Waals surface area contributed by atoms with Gasteiger partial charge in [-0.25, -0.2) is 4.79 Å². The number of benzene rings is 1. The molecule has 1 aromatic rings. The van der Waals surface area contributed by atoms with E-state index in [1.807, 2.05) is 0 Å². The highest BCUT2D eigenvalue weighted by atomic mass is 16.8. The summed E-state index contributed by atoms with van der Waals surface area (Å²) >= 11 is 0. The summed E-state index contributed by atoms with van der Waals surface area (Å²) in [5.41, 5.74) is -0.0193. The van der Waals surface area contributed by atoms with Crippen LogP contribution < -0.4 is 9.47 Å². The van der Waals surface area contributed by atoms with Crippen molar-refractivity contribution in [3.05, 3.63) is 33.4 Å². The number of hydrogen-bond acceptors (Lipinski definition) is 7. The van der Waals surface area contributed by atoms with Gasteiger partial charge in [0.05, 0.1) is 25.4 Å². The summed E-state index contributed by atoms with van der Waals surface area (Å²) in [6.07, 6.45) is 0. The van der Waals surface area contributed by atoms with Crippen LogP contribution in [-0.2, 0) is 15.4 Å². The summed E-state index contributed by atoms with van der Waals surface area (Å²) < 4.78 is 21.1. The lowest BCUT2D eigenvalue weighted by Gasteiger charge is -2.21. The number of ether oxygens (including phenoxy) is 4. The van der Waals surface area contributed by atoms with Crippen molar-refractivity contribution in [2.45, 2.75) is 26.7 Å². The third-order valence-electron chi connectivity index (χ3n) is 3.06. The molecule has 0 radical (unpaired) electrons. The Morgan fingerprint density at radius 1 is 1.18 bits per heavy atom. The first kappa shape index (κ1) is 16.0. The molecule has 0 amide bonds. The van der Waals surface area contributed by atoms with Gasteiger partial charge in [0.15, 0.2) is 17.1 Å². The molecule has 0 saturated carbocycles. The van der Waals surface area contributed by atoms with Crippen molar-refractivity contribution < 1.29 is 28.7 Å². The molecule has 1 aliphatic rings. The Morgan fingerprint density at radius 2 is 1.86 bits per heavy atom. The third-order valence-corrected chi connectivity index (χ3v) is 3.06. The third kappa shape index (κ3) is 2.35. The Hall–Kier alpha value is -2.35. The van der Waals surface area contributed by atoms with Crippen LogP contribution in [0.15, 0.2) is 12.1 Å². The molecule has 2 rings (SSSR count). The molecular formula is C14H17NO7. The topological polar surface area (TPSA) is 97.1 Å². The average molecular weight is 311 g/mol. The molecule has 0 N–H and O–H groups in total. The zero-order chi connectivity index (χ0) is 16.3. The largest absolute Gasteiger partial charge is 0.519 e. The van der Waals surface area contributed by atoms with Gasteiger partial charge in [0.1, 0.15) is 4.92 Å². The van der Waals surface area contributed by atoms with Crippen LogP contribution in [0.25, 0.3) is 0 Å². The van der Waals surface area contributed by atoms with Gasteiger partial charge in [-0.15, -0.1) is 0 Å². The van der Waals surface area contributed by atoms with E-state index in [1.165, 1.54) is 12.1 Å². The molecule has 0 fully saturated rings. The SMILES string of the molecule is CCOc1ccc2c(c1OCC)C(OCC)([N+](=O)[O-])OC2=O. The molecule has 1 aliphatic heterocycles. The van der Waals surface area contributed by atoms with Gasteiger partial charge in [-0.05, 0) is 32.9 Å². The minimum absolute atomic E-state index is 0.0157. The van der Waals surface area contributed by atoms with Crippen LogP contribution in [0, 0.1) is 10.1 Å². The Kier molecular flexibility index (Phi) is 4.51. The van der Waals surface area contributed by atoms with E-state index in [0.717, 1.165) is 0 Å². The Morgan fingerprint density at radius 3 is 2.41 bits per heavy atom. The lowest BCUT2D eigenvalue weighted by molar-refractivity contribution is -0.694. The van der Waals surface area contributed by atoms with Crippen LogP contribution in [0.3, 0.4) is 0 Å². The first-order chi connectivity index (χ1) is 10.5. The maximum absolute atomic E-state index is 12.0. The van der Waals surface area contributed by atoms with Crippen LogP contribution in [-0.4, -0.2) is 30.7 Å². The van der Waals surface area contributed by atoms with Crippen LogP contribution in [0.1, 0.15) is 36.7 Å². The van der Waals surface area contributed by atoms with Gasteiger partial charge in [0, 0.05) is 0 Å². The number of esters is 1. The average Bonchev–Trinajstić information content (AvgIpc) is 2.76. The summed E-state index contributed by atoms with van der Waals surface area (Å²) in [7, 11) is 0. The fraction of sp³-hybridized carbons (Fsp3) is 0.500. The fourth-order valence-electron chi connectivity index (χ4n) is 2.31. The summed E-state index contributed by atoms with van der Waals surface area (Å²) in [4.78, 5) is 22.8. The highest BCUT2D eigenvalue weighted by Crippen LogP contribution is 2.47. The highest BCUT2D eigenvalue weighted by molar-refractivity contribution is 5.95. The molecule has 0 aliphatic carbocycles. The van der Waals surface area contributed by atoms with Crippen LogP contribution >= 0.6 is 0 Å². The predicted octanol–water partition coefficient (Wildman–Crippen LogP) is 2.08. The molecule has 120 valence electrons. The van der Waals surface area contributed by atoms with Crippen molar-refractivity contribution in [1.29, 1.82) is 0 Å². The van der Waals surface area contributed by atoms with E-state index < -0.39 is 16.8 Å². The molecule has 22 heavy (non-hydrogen) atoms. The molecule has 0 aromatic heterocycles. The van der Waals surface area contributed by atoms with E-state index in [1.54, 1.807) is 20.8 Å². The molecule has 8 heteroatoms. The second-order valence-electron chi connectivity index (χ2n) is 4.34. The molecule has 1 heterocycles. The van der Waals surface area contributed by atoms with Crippen LogP contribution in [0.2, 0.25) is 0 Å². The van der Waals surface area contributed by atoms with Gasteiger partial charge in [-0.2, -0.15) is 0 Å². The van der Waals surface area contributed by atoms with Crippen molar-refractivity contribution >= 4 is 5.97 Å². The van der Waals surface area contributed by atoms with Gasteiger partial charge < -0.3 is 14.2 Å². The molecule has 1 unspecified atom stereocenters. The van der Waals surface area contributed by atoms with Crippen molar-refractivity contribution in [3.8, 4) is 11.5 Å². The minimum Gasteiger partial charge on any atom is -0.490 e. The summed E-state index contributed by atoms with van der Waals surface area (Å²) in [5.74, 6) is -2.84. The van der Waals surface area contributed by atoms with Crippen molar-refractivity contribution in [2.24, 2.45) is 0 Å². The van der Waals surface area contributed by atoms with Gasteiger partial charge in [-0.1, -0.05) is 0 Å². The summed E-state index contributed by atoms with van der Waals surface area (Å²) in [6, 6.07) is 2.94. The number of cyclic esters (lactones) is 1. The van der Waals surface area contributed by atoms with Gasteiger partial charge in [0.2, 0.25) is 0 Å². The number of fused-ring (bicyclic) bond motifs is 1. The van der Waals surface area contributed by atoms with Crippen molar-refractivity contribution in [2.75, 3.05) is 19.8 Å². The van der Waals surface area contributed by atoms with E-state index in [2.05, 4.69) is 0 Å². The quantitative estimate of drug-likeness (QED) is 0.329. The molecule has 0 spiro atoms. The molecule has 0 saturated heterocycles. The van der Waals surface area contributed by atoms with E-state index in [0.29, 0.717) is 12.4 Å². The smallest absolute Gasteiger partial charge is 0.490 e. The van der Waals surface area contributed by atoms with Gasteiger partial charge in [0.25, 0.3) is 0 Å². The van der Waals surface area contributed by atoms with Crippen molar-refractivity contribution in [1.82, 2.24) is 0 Å².